The number of hydrogen-bond acceptors (Lipinski definition) is 2. The third kappa shape index (κ3) is 3.70. The number of carbonyl (C=O) groups excluding carboxylic acids is 2. The number of carbonyl (C=O) groups is 2. The number of nitrogens with one attached hydrogen (secondary N) is 1. The molecular weight excluding hydrogens is 322 g/mol. The lowest BCUT2D eigenvalue weighted by molar-refractivity contribution is 0.102. The first-order valence-corrected chi connectivity index (χ1v) is 7.78. The lowest BCUT2D eigenvalue weighted by atomic mass is 10.0. The third-order valence-electron chi connectivity index (χ3n) is 3.53. The molecule has 0 fully saturated rings. The number of benzene rings is 3. The fourth-order valence-electron chi connectivity index (χ4n) is 2.29. The summed E-state index contributed by atoms with van der Waals surface area (Å²) in [5.41, 5.74) is 2.30. The highest BCUT2D eigenvalue weighted by Crippen LogP contribution is 2.16. The lowest BCUT2D eigenvalue weighted by Gasteiger charge is -2.07. The molecule has 3 aromatic rings. The molecule has 3 aromatic carbocycles. The van der Waals surface area contributed by atoms with Gasteiger partial charge in [-0.25, -0.2) is 0 Å². The summed E-state index contributed by atoms with van der Waals surface area (Å²) in [5, 5.41) is 3.29. The highest BCUT2D eigenvalue weighted by molar-refractivity contribution is 6.31. The fourth-order valence-corrected chi connectivity index (χ4v) is 2.48. The van der Waals surface area contributed by atoms with Crippen molar-refractivity contribution < 1.29 is 9.59 Å². The minimum absolute atomic E-state index is 0.0525. The summed E-state index contributed by atoms with van der Waals surface area (Å²) < 4.78 is 0. The zero-order chi connectivity index (χ0) is 16.9. The van der Waals surface area contributed by atoms with Gasteiger partial charge in [-0.15, -0.1) is 0 Å². The summed E-state index contributed by atoms with van der Waals surface area (Å²) in [6.45, 7) is 0. The van der Waals surface area contributed by atoms with Gasteiger partial charge in [0.1, 0.15) is 0 Å². The normalized spacial score (nSPS) is 10.2. The first kappa shape index (κ1) is 16.0. The van der Waals surface area contributed by atoms with Gasteiger partial charge in [0.25, 0.3) is 5.91 Å². The molecule has 0 aromatic heterocycles. The SMILES string of the molecule is O=C(Nc1ccc(C(=O)c2ccccc2)cc1)c1cccc(Cl)c1. The van der Waals surface area contributed by atoms with E-state index in [1.807, 2.05) is 18.2 Å². The summed E-state index contributed by atoms with van der Waals surface area (Å²) in [4.78, 5) is 24.5. The van der Waals surface area contributed by atoms with Crippen LogP contribution in [0, 0.1) is 0 Å². The Hall–Kier alpha value is -2.91. The number of rotatable bonds is 4. The Morgan fingerprint density at radius 2 is 1.33 bits per heavy atom. The average Bonchev–Trinajstić information content (AvgIpc) is 2.62. The molecule has 0 unspecified atom stereocenters. The molecule has 0 atom stereocenters. The Bertz CT molecular complexity index is 874. The van der Waals surface area contributed by atoms with E-state index in [9.17, 15) is 9.59 Å². The van der Waals surface area contributed by atoms with Crippen LogP contribution in [0.3, 0.4) is 0 Å². The Balaban J connectivity index is 1.73. The Morgan fingerprint density at radius 3 is 2.00 bits per heavy atom. The zero-order valence-corrected chi connectivity index (χ0v) is 13.5. The molecule has 0 aliphatic carbocycles. The number of halogens is 1. The van der Waals surface area contributed by atoms with Crippen molar-refractivity contribution in [1.29, 1.82) is 0 Å². The minimum atomic E-state index is -0.250. The largest absolute Gasteiger partial charge is 0.322 e. The maximum atomic E-state index is 12.3. The molecule has 1 amide bonds. The fraction of sp³-hybridized carbons (Fsp3) is 0. The summed E-state index contributed by atoms with van der Waals surface area (Å²) in [6, 6.07) is 22.6. The second-order valence-corrected chi connectivity index (χ2v) is 5.67. The number of ketones is 1. The van der Waals surface area contributed by atoms with E-state index in [0.29, 0.717) is 27.4 Å². The van der Waals surface area contributed by atoms with E-state index in [1.54, 1.807) is 60.7 Å². The second kappa shape index (κ2) is 7.11. The Morgan fingerprint density at radius 1 is 0.708 bits per heavy atom. The first-order valence-electron chi connectivity index (χ1n) is 7.40. The van der Waals surface area contributed by atoms with Gasteiger partial charge in [-0.05, 0) is 42.5 Å². The molecule has 1 N–H and O–H groups in total. The van der Waals surface area contributed by atoms with E-state index >= 15 is 0 Å². The van der Waals surface area contributed by atoms with Gasteiger partial charge in [0.2, 0.25) is 0 Å². The van der Waals surface area contributed by atoms with Crippen LogP contribution < -0.4 is 5.32 Å². The van der Waals surface area contributed by atoms with Gasteiger partial charge in [0, 0.05) is 27.4 Å². The van der Waals surface area contributed by atoms with Crippen molar-refractivity contribution in [2.45, 2.75) is 0 Å². The molecule has 118 valence electrons. The van der Waals surface area contributed by atoms with Gasteiger partial charge < -0.3 is 5.32 Å². The molecule has 24 heavy (non-hydrogen) atoms. The molecule has 0 spiro atoms. The molecule has 0 saturated carbocycles. The molecular formula is C20H14ClNO2. The maximum Gasteiger partial charge on any atom is 0.255 e. The van der Waals surface area contributed by atoms with E-state index in [1.165, 1.54) is 0 Å². The molecule has 0 radical (unpaired) electrons. The highest BCUT2D eigenvalue weighted by Gasteiger charge is 2.10. The second-order valence-electron chi connectivity index (χ2n) is 5.24. The van der Waals surface area contributed by atoms with Crippen LogP contribution in [-0.4, -0.2) is 11.7 Å². The van der Waals surface area contributed by atoms with Crippen molar-refractivity contribution in [3.63, 3.8) is 0 Å². The van der Waals surface area contributed by atoms with Crippen molar-refractivity contribution in [3.8, 4) is 0 Å². The van der Waals surface area contributed by atoms with E-state index in [4.69, 9.17) is 11.6 Å². The van der Waals surface area contributed by atoms with Gasteiger partial charge in [0.05, 0.1) is 0 Å². The van der Waals surface area contributed by atoms with Crippen molar-refractivity contribution >= 4 is 29.0 Å². The van der Waals surface area contributed by atoms with Crippen LogP contribution in [0.4, 0.5) is 5.69 Å². The van der Waals surface area contributed by atoms with Crippen molar-refractivity contribution in [2.24, 2.45) is 0 Å². The van der Waals surface area contributed by atoms with Crippen molar-refractivity contribution in [3.05, 3.63) is 101 Å². The minimum Gasteiger partial charge on any atom is -0.322 e. The molecule has 3 rings (SSSR count). The molecule has 3 nitrogen and oxygen atoms in total. The smallest absolute Gasteiger partial charge is 0.255 e. The Labute approximate surface area is 144 Å². The van der Waals surface area contributed by atoms with E-state index in [0.717, 1.165) is 0 Å². The monoisotopic (exact) mass is 335 g/mol. The molecule has 0 saturated heterocycles. The summed E-state index contributed by atoms with van der Waals surface area (Å²) in [6.07, 6.45) is 0. The standard InChI is InChI=1S/C20H14ClNO2/c21-17-8-4-7-16(13-17)20(24)22-18-11-9-15(10-12-18)19(23)14-5-2-1-3-6-14/h1-13H,(H,22,24). The first-order chi connectivity index (χ1) is 11.6. The van der Waals surface area contributed by atoms with E-state index in [-0.39, 0.29) is 11.7 Å². The summed E-state index contributed by atoms with van der Waals surface area (Å²) in [5.74, 6) is -0.303. The van der Waals surface area contributed by atoms with Crippen molar-refractivity contribution in [2.75, 3.05) is 5.32 Å². The molecule has 0 bridgehead atoms. The molecule has 4 heteroatoms. The predicted octanol–water partition coefficient (Wildman–Crippen LogP) is 4.82. The predicted molar refractivity (Wildman–Crippen MR) is 95.7 cm³/mol. The quantitative estimate of drug-likeness (QED) is 0.694. The van der Waals surface area contributed by atoms with Gasteiger partial charge in [-0.2, -0.15) is 0 Å². The van der Waals surface area contributed by atoms with E-state index < -0.39 is 0 Å². The Kier molecular flexibility index (Phi) is 4.73. The van der Waals surface area contributed by atoms with Crippen molar-refractivity contribution in [1.82, 2.24) is 0 Å². The number of amides is 1. The average molecular weight is 336 g/mol. The molecule has 0 aliphatic heterocycles. The van der Waals surface area contributed by atoms with Crippen LogP contribution in [0.1, 0.15) is 26.3 Å². The highest BCUT2D eigenvalue weighted by atomic mass is 35.5. The van der Waals surface area contributed by atoms with Crippen LogP contribution in [0.2, 0.25) is 5.02 Å². The number of hydrogen-bond donors (Lipinski definition) is 1. The van der Waals surface area contributed by atoms with E-state index in [2.05, 4.69) is 5.32 Å². The topological polar surface area (TPSA) is 46.2 Å². The van der Waals surface area contributed by atoms with Crippen LogP contribution in [-0.2, 0) is 0 Å². The summed E-state index contributed by atoms with van der Waals surface area (Å²) in [7, 11) is 0. The van der Waals surface area contributed by atoms with Crippen LogP contribution >= 0.6 is 11.6 Å². The van der Waals surface area contributed by atoms with Gasteiger partial charge in [-0.3, -0.25) is 9.59 Å². The summed E-state index contributed by atoms with van der Waals surface area (Å²) >= 11 is 5.89. The molecule has 0 aliphatic rings. The van der Waals surface area contributed by atoms with Crippen LogP contribution in [0.5, 0.6) is 0 Å². The zero-order valence-electron chi connectivity index (χ0n) is 12.7. The van der Waals surface area contributed by atoms with Crippen LogP contribution in [0.15, 0.2) is 78.9 Å². The van der Waals surface area contributed by atoms with Crippen LogP contribution in [0.25, 0.3) is 0 Å². The number of anilines is 1. The molecule has 0 heterocycles. The van der Waals surface area contributed by atoms with Gasteiger partial charge in [-0.1, -0.05) is 48.0 Å². The van der Waals surface area contributed by atoms with Gasteiger partial charge >= 0.3 is 0 Å². The van der Waals surface area contributed by atoms with Gasteiger partial charge in [0.15, 0.2) is 5.78 Å². The lowest BCUT2D eigenvalue weighted by Crippen LogP contribution is -2.12. The maximum absolute atomic E-state index is 12.3. The third-order valence-corrected chi connectivity index (χ3v) is 3.76.